The van der Waals surface area contributed by atoms with E-state index in [9.17, 15) is 18.0 Å². The van der Waals surface area contributed by atoms with Gasteiger partial charge in [0, 0.05) is 24.7 Å². The van der Waals surface area contributed by atoms with Crippen molar-refractivity contribution in [3.63, 3.8) is 0 Å². The number of halogens is 3. The van der Waals surface area contributed by atoms with E-state index < -0.39 is 17.6 Å². The molecule has 0 N–H and O–H groups in total. The molecule has 0 saturated heterocycles. The van der Waals surface area contributed by atoms with Crippen molar-refractivity contribution >= 4 is 32.6 Å². The number of alkyl halides is 3. The summed E-state index contributed by atoms with van der Waals surface area (Å²) in [6.45, 7) is 0.706. The predicted octanol–water partition coefficient (Wildman–Crippen LogP) is 5.18. The Balaban J connectivity index is 1.72. The van der Waals surface area contributed by atoms with Gasteiger partial charge in [0.2, 0.25) is 0 Å². The van der Waals surface area contributed by atoms with E-state index in [4.69, 9.17) is 4.52 Å². The Labute approximate surface area is 185 Å². The Kier molecular flexibility index (Phi) is 5.98. The molecule has 0 bridgehead atoms. The highest BCUT2D eigenvalue weighted by molar-refractivity contribution is 7.22. The second-order valence-corrected chi connectivity index (χ2v) is 8.36. The van der Waals surface area contributed by atoms with Crippen LogP contribution in [0, 0.1) is 0 Å². The number of anilines is 1. The highest BCUT2D eigenvalue weighted by Gasteiger charge is 2.34. The van der Waals surface area contributed by atoms with Gasteiger partial charge in [0.25, 0.3) is 5.91 Å². The summed E-state index contributed by atoms with van der Waals surface area (Å²) in [6, 6.07) is 14.6. The van der Waals surface area contributed by atoms with Gasteiger partial charge in [0.05, 0.1) is 15.8 Å². The van der Waals surface area contributed by atoms with Crippen molar-refractivity contribution in [3.05, 3.63) is 65.9 Å². The number of fused-ring (bicyclic) bond motifs is 1. The maximum Gasteiger partial charge on any atom is 0.418 e. The van der Waals surface area contributed by atoms with Crippen LogP contribution in [-0.4, -0.2) is 48.1 Å². The fourth-order valence-corrected chi connectivity index (χ4v) is 4.13. The van der Waals surface area contributed by atoms with Crippen molar-refractivity contribution in [3.8, 4) is 11.3 Å². The zero-order chi connectivity index (χ0) is 22.9. The van der Waals surface area contributed by atoms with E-state index in [1.54, 1.807) is 6.07 Å². The molecule has 0 atom stereocenters. The first-order chi connectivity index (χ1) is 15.2. The summed E-state index contributed by atoms with van der Waals surface area (Å²) in [5.41, 5.74) is -0.190. The van der Waals surface area contributed by atoms with Crippen LogP contribution in [0.2, 0.25) is 0 Å². The molecule has 0 unspecified atom stereocenters. The van der Waals surface area contributed by atoms with Crippen molar-refractivity contribution < 1.29 is 22.5 Å². The van der Waals surface area contributed by atoms with E-state index in [1.165, 1.54) is 17.0 Å². The SMILES string of the molecule is CN(C)CCN(C(=O)c1cc(-c2ccccc2)on1)c1nc2c(C(F)(F)F)cccc2s1. The second-order valence-electron chi connectivity index (χ2n) is 7.35. The summed E-state index contributed by atoms with van der Waals surface area (Å²) in [6.07, 6.45) is -4.54. The quantitative estimate of drug-likeness (QED) is 0.397. The smallest absolute Gasteiger partial charge is 0.355 e. The number of thiazole rings is 1. The Morgan fingerprint density at radius 3 is 2.50 bits per heavy atom. The number of nitrogens with zero attached hydrogens (tertiary/aromatic N) is 4. The highest BCUT2D eigenvalue weighted by atomic mass is 32.1. The van der Waals surface area contributed by atoms with E-state index in [1.807, 2.05) is 49.3 Å². The molecule has 4 rings (SSSR count). The number of rotatable bonds is 6. The first-order valence-electron chi connectivity index (χ1n) is 9.69. The third-order valence-corrected chi connectivity index (χ3v) is 5.79. The van der Waals surface area contributed by atoms with Crippen LogP contribution in [0.4, 0.5) is 18.3 Å². The third kappa shape index (κ3) is 4.51. The monoisotopic (exact) mass is 460 g/mol. The first kappa shape index (κ1) is 22.0. The molecule has 0 aliphatic heterocycles. The Bertz CT molecular complexity index is 1230. The number of hydrogen-bond acceptors (Lipinski definition) is 6. The molecule has 0 aliphatic carbocycles. The zero-order valence-electron chi connectivity index (χ0n) is 17.3. The van der Waals surface area contributed by atoms with E-state index >= 15 is 0 Å². The number of likely N-dealkylation sites (N-methyl/N-ethyl adjacent to an activating group) is 1. The fourth-order valence-electron chi connectivity index (χ4n) is 3.12. The lowest BCUT2D eigenvalue weighted by atomic mass is 10.1. The number of aromatic nitrogens is 2. The maximum atomic E-state index is 13.4. The average Bonchev–Trinajstić information content (AvgIpc) is 3.40. The summed E-state index contributed by atoms with van der Waals surface area (Å²) in [7, 11) is 3.68. The average molecular weight is 460 g/mol. The summed E-state index contributed by atoms with van der Waals surface area (Å²) in [5, 5.41) is 4.07. The van der Waals surface area contributed by atoms with E-state index in [0.29, 0.717) is 17.0 Å². The molecule has 10 heteroatoms. The molecule has 0 spiro atoms. The molecule has 2 aromatic heterocycles. The number of para-hydroxylation sites is 1. The second kappa shape index (κ2) is 8.71. The topological polar surface area (TPSA) is 62.5 Å². The van der Waals surface area contributed by atoms with Crippen molar-refractivity contribution in [1.82, 2.24) is 15.0 Å². The Hall–Kier alpha value is -3.24. The molecule has 0 aliphatic rings. The molecular weight excluding hydrogens is 441 g/mol. The van der Waals surface area contributed by atoms with Gasteiger partial charge < -0.3 is 9.42 Å². The van der Waals surface area contributed by atoms with Crippen LogP contribution in [0.5, 0.6) is 0 Å². The van der Waals surface area contributed by atoms with Crippen molar-refractivity contribution in [2.24, 2.45) is 0 Å². The molecule has 1 amide bonds. The van der Waals surface area contributed by atoms with Crippen LogP contribution in [0.15, 0.2) is 59.1 Å². The minimum Gasteiger partial charge on any atom is -0.355 e. The van der Waals surface area contributed by atoms with E-state index in [0.717, 1.165) is 23.0 Å². The van der Waals surface area contributed by atoms with Gasteiger partial charge in [-0.2, -0.15) is 13.2 Å². The van der Waals surface area contributed by atoms with Gasteiger partial charge in [-0.15, -0.1) is 0 Å². The minimum absolute atomic E-state index is 0.0536. The molecular formula is C22H19F3N4O2S. The van der Waals surface area contributed by atoms with Gasteiger partial charge >= 0.3 is 6.18 Å². The Morgan fingerprint density at radius 2 is 1.81 bits per heavy atom. The van der Waals surface area contributed by atoms with Crippen molar-refractivity contribution in [1.29, 1.82) is 0 Å². The van der Waals surface area contributed by atoms with Crippen LogP contribution >= 0.6 is 11.3 Å². The van der Waals surface area contributed by atoms with Crippen molar-refractivity contribution in [2.45, 2.75) is 6.18 Å². The van der Waals surface area contributed by atoms with Gasteiger partial charge in [-0.25, -0.2) is 4.98 Å². The van der Waals surface area contributed by atoms with Crippen LogP contribution in [0.25, 0.3) is 21.5 Å². The summed E-state index contributed by atoms with van der Waals surface area (Å²) >= 11 is 1.03. The molecule has 0 fully saturated rings. The lowest BCUT2D eigenvalue weighted by molar-refractivity contribution is -0.136. The largest absolute Gasteiger partial charge is 0.418 e. The summed E-state index contributed by atoms with van der Waals surface area (Å²) in [5.74, 6) is -0.0736. The standard InChI is InChI=1S/C22H19F3N4O2S/c1-28(2)11-12-29(20(30)16-13-17(31-27-16)14-7-4-3-5-8-14)21-26-19-15(22(23,24)25)9-6-10-18(19)32-21/h3-10,13H,11-12H2,1-2H3. The molecule has 32 heavy (non-hydrogen) atoms. The fraction of sp³-hybridized carbons (Fsp3) is 0.227. The number of carbonyl (C=O) groups excluding carboxylic acids is 1. The van der Waals surface area contributed by atoms with Gasteiger partial charge in [-0.3, -0.25) is 9.69 Å². The van der Waals surface area contributed by atoms with Gasteiger partial charge in [0.1, 0.15) is 0 Å². The Morgan fingerprint density at radius 1 is 1.06 bits per heavy atom. The lowest BCUT2D eigenvalue weighted by Crippen LogP contribution is -2.36. The molecule has 166 valence electrons. The summed E-state index contributed by atoms with van der Waals surface area (Å²) < 4.78 is 46.0. The van der Waals surface area contributed by atoms with E-state index in [-0.39, 0.29) is 22.9 Å². The van der Waals surface area contributed by atoms with Gasteiger partial charge in [0.15, 0.2) is 16.6 Å². The number of hydrogen-bond donors (Lipinski definition) is 0. The van der Waals surface area contributed by atoms with E-state index in [2.05, 4.69) is 10.1 Å². The minimum atomic E-state index is -4.54. The van der Waals surface area contributed by atoms with Crippen LogP contribution in [-0.2, 0) is 6.18 Å². The highest BCUT2D eigenvalue weighted by Crippen LogP contribution is 2.38. The summed E-state index contributed by atoms with van der Waals surface area (Å²) in [4.78, 5) is 20.7. The molecule has 0 radical (unpaired) electrons. The number of amides is 1. The number of carbonyl (C=O) groups is 1. The van der Waals surface area contributed by atoms with Gasteiger partial charge in [-0.1, -0.05) is 52.9 Å². The normalized spacial score (nSPS) is 11.9. The lowest BCUT2D eigenvalue weighted by Gasteiger charge is -2.20. The van der Waals surface area contributed by atoms with Crippen molar-refractivity contribution in [2.75, 3.05) is 32.1 Å². The number of benzene rings is 2. The third-order valence-electron chi connectivity index (χ3n) is 4.75. The zero-order valence-corrected chi connectivity index (χ0v) is 18.1. The molecule has 2 aromatic carbocycles. The molecule has 4 aromatic rings. The van der Waals surface area contributed by atoms with Gasteiger partial charge in [-0.05, 0) is 26.2 Å². The first-order valence-corrected chi connectivity index (χ1v) is 10.5. The predicted molar refractivity (Wildman–Crippen MR) is 117 cm³/mol. The molecule has 2 heterocycles. The van der Waals surface area contributed by atoms with Crippen LogP contribution < -0.4 is 4.90 Å². The van der Waals surface area contributed by atoms with Crippen LogP contribution in [0.1, 0.15) is 16.1 Å². The molecule has 0 saturated carbocycles. The maximum absolute atomic E-state index is 13.4. The van der Waals surface area contributed by atoms with Crippen LogP contribution in [0.3, 0.4) is 0 Å². The molecule has 6 nitrogen and oxygen atoms in total.